The zero-order valence-electron chi connectivity index (χ0n) is 13.9. The minimum absolute atomic E-state index is 0.411. The molecule has 0 saturated carbocycles. The van der Waals surface area contributed by atoms with Crippen LogP contribution in [0.5, 0.6) is 0 Å². The van der Waals surface area contributed by atoms with Crippen molar-refractivity contribution in [1.29, 1.82) is 0 Å². The molecule has 2 N–H and O–H groups in total. The van der Waals surface area contributed by atoms with Gasteiger partial charge in [0.2, 0.25) is 0 Å². The predicted octanol–water partition coefficient (Wildman–Crippen LogP) is 2.40. The number of nitrogens with zero attached hydrogens (tertiary/aromatic N) is 1. The topological polar surface area (TPSA) is 118 Å². The summed E-state index contributed by atoms with van der Waals surface area (Å²) in [6, 6.07) is 6.72. The molecule has 8 nitrogen and oxygen atoms in total. The molecule has 1 aromatic heterocycles. The van der Waals surface area contributed by atoms with Crippen LogP contribution in [0.1, 0.15) is 33.5 Å². The van der Waals surface area contributed by atoms with Crippen molar-refractivity contribution in [3.63, 3.8) is 0 Å². The average Bonchev–Trinajstić information content (AvgIpc) is 3.03. The molecule has 2 aromatic rings. The molecular formula is C16H17N3O5S2. The zero-order chi connectivity index (χ0) is 18.9. The highest BCUT2D eigenvalue weighted by molar-refractivity contribution is 7.89. The van der Waals surface area contributed by atoms with Gasteiger partial charge in [0.1, 0.15) is 0 Å². The Morgan fingerprint density at radius 3 is 2.81 bits per heavy atom. The van der Waals surface area contributed by atoms with Gasteiger partial charge in [-0.2, -0.15) is 0 Å². The number of para-hydroxylation sites is 1. The minimum Gasteiger partial charge on any atom is -0.273 e. The van der Waals surface area contributed by atoms with Crippen molar-refractivity contribution >= 4 is 33.0 Å². The van der Waals surface area contributed by atoms with E-state index in [9.17, 15) is 23.3 Å². The number of rotatable bonds is 5. The third-order valence-corrected chi connectivity index (χ3v) is 6.73. The van der Waals surface area contributed by atoms with E-state index in [0.29, 0.717) is 10.8 Å². The number of aryl methyl sites for hydroxylation is 1. The third-order valence-electron chi connectivity index (χ3n) is 4.20. The second-order valence-corrected chi connectivity index (χ2v) is 8.98. The first-order valence-electron chi connectivity index (χ1n) is 7.95. The van der Waals surface area contributed by atoms with Gasteiger partial charge in [-0.15, -0.1) is 16.2 Å². The Hall–Kier alpha value is -2.30. The molecule has 1 aliphatic carbocycles. The Morgan fingerprint density at radius 1 is 1.35 bits per heavy atom. The Balaban J connectivity index is 1.74. The van der Waals surface area contributed by atoms with Crippen LogP contribution in [-0.4, -0.2) is 19.2 Å². The summed E-state index contributed by atoms with van der Waals surface area (Å²) in [5.41, 5.74) is 2.70. The SMILES string of the molecule is C[C@H]1CCc2sc(C(=O)NNS(=O)(=O)c3ccccc3[N+](=O)[O-])cc2C1. The van der Waals surface area contributed by atoms with Crippen molar-refractivity contribution < 1.29 is 18.1 Å². The van der Waals surface area contributed by atoms with Crippen molar-refractivity contribution in [1.82, 2.24) is 10.3 Å². The summed E-state index contributed by atoms with van der Waals surface area (Å²) in [6.07, 6.45) is 2.89. The largest absolute Gasteiger partial charge is 0.289 e. The summed E-state index contributed by atoms with van der Waals surface area (Å²) in [6.45, 7) is 2.15. The molecule has 1 atom stereocenters. The van der Waals surface area contributed by atoms with E-state index in [0.717, 1.165) is 41.8 Å². The second kappa shape index (κ2) is 7.14. The summed E-state index contributed by atoms with van der Waals surface area (Å²) in [5.74, 6) is -0.0237. The molecule has 0 aliphatic heterocycles. The van der Waals surface area contributed by atoms with Crippen LogP contribution in [0.15, 0.2) is 35.2 Å². The predicted molar refractivity (Wildman–Crippen MR) is 96.4 cm³/mol. The van der Waals surface area contributed by atoms with E-state index in [-0.39, 0.29) is 0 Å². The highest BCUT2D eigenvalue weighted by Crippen LogP contribution is 2.32. The van der Waals surface area contributed by atoms with Gasteiger partial charge in [-0.3, -0.25) is 20.3 Å². The van der Waals surface area contributed by atoms with Crippen molar-refractivity contribution in [3.05, 3.63) is 55.8 Å². The van der Waals surface area contributed by atoms with Gasteiger partial charge in [-0.05, 0) is 42.9 Å². The molecular weight excluding hydrogens is 378 g/mol. The van der Waals surface area contributed by atoms with Crippen molar-refractivity contribution in [2.45, 2.75) is 31.1 Å². The van der Waals surface area contributed by atoms with Crippen LogP contribution in [0.2, 0.25) is 0 Å². The van der Waals surface area contributed by atoms with E-state index >= 15 is 0 Å². The maximum absolute atomic E-state index is 12.3. The Bertz CT molecular complexity index is 968. The van der Waals surface area contributed by atoms with Crippen LogP contribution >= 0.6 is 11.3 Å². The molecule has 26 heavy (non-hydrogen) atoms. The first kappa shape index (κ1) is 18.5. The molecule has 1 heterocycles. The van der Waals surface area contributed by atoms with Gasteiger partial charge in [0.15, 0.2) is 4.90 Å². The number of amides is 1. The standard InChI is InChI=1S/C16H17N3O5S2/c1-10-6-7-13-11(8-10)9-14(25-13)16(20)17-18-26(23,24)15-5-3-2-4-12(15)19(21)22/h2-5,9-10,18H,6-8H2,1H3,(H,17,20)/t10-/m0/s1. The minimum atomic E-state index is -4.27. The molecule has 0 radical (unpaired) electrons. The number of carbonyl (C=O) groups excluding carboxylic acids is 1. The Morgan fingerprint density at radius 2 is 2.08 bits per heavy atom. The monoisotopic (exact) mass is 395 g/mol. The van der Waals surface area contributed by atoms with Gasteiger partial charge in [-0.1, -0.05) is 19.1 Å². The molecule has 0 fully saturated rings. The highest BCUT2D eigenvalue weighted by atomic mass is 32.2. The fourth-order valence-electron chi connectivity index (χ4n) is 2.88. The number of thiophene rings is 1. The van der Waals surface area contributed by atoms with E-state index in [1.807, 2.05) is 4.83 Å². The van der Waals surface area contributed by atoms with Crippen LogP contribution in [0.3, 0.4) is 0 Å². The molecule has 1 amide bonds. The molecule has 1 aliphatic rings. The molecule has 1 aromatic carbocycles. The summed E-state index contributed by atoms with van der Waals surface area (Å²) < 4.78 is 24.6. The van der Waals surface area contributed by atoms with Crippen molar-refractivity contribution in [2.24, 2.45) is 5.92 Å². The van der Waals surface area contributed by atoms with E-state index in [4.69, 9.17) is 0 Å². The van der Waals surface area contributed by atoms with E-state index in [1.165, 1.54) is 23.5 Å². The van der Waals surface area contributed by atoms with E-state index < -0.39 is 31.4 Å². The number of nitrogens with one attached hydrogen (secondary N) is 2. The second-order valence-electron chi connectivity index (χ2n) is 6.19. The lowest BCUT2D eigenvalue weighted by atomic mass is 9.90. The van der Waals surface area contributed by atoms with Crippen molar-refractivity contribution in [2.75, 3.05) is 0 Å². The lowest BCUT2D eigenvalue weighted by Gasteiger charge is -2.16. The Labute approximate surface area is 154 Å². The molecule has 10 heteroatoms. The van der Waals surface area contributed by atoms with Crippen LogP contribution in [0.25, 0.3) is 0 Å². The normalized spacial score (nSPS) is 16.7. The van der Waals surface area contributed by atoms with Crippen LogP contribution in [0.4, 0.5) is 5.69 Å². The lowest BCUT2D eigenvalue weighted by Crippen LogP contribution is -2.41. The average molecular weight is 395 g/mol. The van der Waals surface area contributed by atoms with E-state index in [2.05, 4.69) is 12.3 Å². The van der Waals surface area contributed by atoms with Gasteiger partial charge in [-0.25, -0.2) is 8.42 Å². The lowest BCUT2D eigenvalue weighted by molar-refractivity contribution is -0.387. The van der Waals surface area contributed by atoms with Crippen LogP contribution in [0, 0.1) is 16.0 Å². The van der Waals surface area contributed by atoms with E-state index in [1.54, 1.807) is 6.07 Å². The highest BCUT2D eigenvalue weighted by Gasteiger charge is 2.26. The number of sulfonamides is 1. The maximum Gasteiger partial charge on any atom is 0.289 e. The number of fused-ring (bicyclic) bond motifs is 1. The van der Waals surface area contributed by atoms with Crippen molar-refractivity contribution in [3.8, 4) is 0 Å². The van der Waals surface area contributed by atoms with Crippen LogP contribution < -0.4 is 10.3 Å². The third kappa shape index (κ3) is 3.76. The summed E-state index contributed by atoms with van der Waals surface area (Å²) in [5, 5.41) is 11.0. The van der Waals surface area contributed by atoms with Gasteiger partial charge in [0, 0.05) is 10.9 Å². The first-order valence-corrected chi connectivity index (χ1v) is 10.2. The summed E-state index contributed by atoms with van der Waals surface area (Å²) in [4.78, 5) is 25.5. The van der Waals surface area contributed by atoms with Gasteiger partial charge >= 0.3 is 0 Å². The fourth-order valence-corrected chi connectivity index (χ4v) is 5.00. The van der Waals surface area contributed by atoms with Gasteiger partial charge in [0.05, 0.1) is 9.80 Å². The maximum atomic E-state index is 12.3. The molecule has 0 bridgehead atoms. The number of benzene rings is 1. The number of nitro groups is 1. The first-order chi connectivity index (χ1) is 12.3. The number of hydrazine groups is 1. The molecule has 138 valence electrons. The summed E-state index contributed by atoms with van der Waals surface area (Å²) >= 11 is 1.34. The molecule has 0 saturated heterocycles. The smallest absolute Gasteiger partial charge is 0.273 e. The fraction of sp³-hybridized carbons (Fsp3) is 0.312. The van der Waals surface area contributed by atoms with Crippen LogP contribution in [-0.2, 0) is 22.9 Å². The number of carbonyl (C=O) groups is 1. The quantitative estimate of drug-likeness (QED) is 0.595. The number of nitro benzene ring substituents is 1. The van der Waals surface area contributed by atoms with Gasteiger partial charge < -0.3 is 0 Å². The Kier molecular flexibility index (Phi) is 5.08. The zero-order valence-corrected chi connectivity index (χ0v) is 15.5. The number of hydrogen-bond acceptors (Lipinski definition) is 6. The number of hydrogen-bond donors (Lipinski definition) is 2. The molecule has 0 spiro atoms. The van der Waals surface area contributed by atoms with Gasteiger partial charge in [0.25, 0.3) is 21.6 Å². The molecule has 3 rings (SSSR count). The summed E-state index contributed by atoms with van der Waals surface area (Å²) in [7, 11) is -4.27. The molecule has 0 unspecified atom stereocenters.